The Bertz CT molecular complexity index is 557. The monoisotopic (exact) mass is 292 g/mol. The zero-order valence-corrected chi connectivity index (χ0v) is 12.1. The average molecular weight is 292 g/mol. The molecule has 0 bridgehead atoms. The van der Waals surface area contributed by atoms with Crippen molar-refractivity contribution in [1.29, 1.82) is 0 Å². The normalized spacial score (nSPS) is 11.9. The van der Waals surface area contributed by atoms with E-state index >= 15 is 0 Å². The van der Waals surface area contributed by atoms with Crippen LogP contribution in [0.1, 0.15) is 6.92 Å². The van der Waals surface area contributed by atoms with Crippen molar-refractivity contribution in [2.75, 3.05) is 19.0 Å². The summed E-state index contributed by atoms with van der Waals surface area (Å²) in [6.45, 7) is 2.06. The SMILES string of the molecule is CCOC(=O)C(Nc1ncc(-c2ccccc2)s1)OC. The molecule has 2 aromatic rings. The zero-order valence-electron chi connectivity index (χ0n) is 11.3. The van der Waals surface area contributed by atoms with Crippen molar-refractivity contribution in [3.05, 3.63) is 36.5 Å². The summed E-state index contributed by atoms with van der Waals surface area (Å²) in [5.41, 5.74) is 1.09. The lowest BCUT2D eigenvalue weighted by Gasteiger charge is -2.14. The second-order valence-electron chi connectivity index (χ2n) is 3.91. The maximum Gasteiger partial charge on any atom is 0.356 e. The molecule has 0 aliphatic carbocycles. The van der Waals surface area contributed by atoms with Crippen molar-refractivity contribution < 1.29 is 14.3 Å². The van der Waals surface area contributed by atoms with Crippen LogP contribution < -0.4 is 5.32 Å². The van der Waals surface area contributed by atoms with E-state index in [9.17, 15) is 4.79 Å². The number of ether oxygens (including phenoxy) is 2. The molecule has 5 nitrogen and oxygen atoms in total. The molecule has 0 fully saturated rings. The molecule has 6 heteroatoms. The highest BCUT2D eigenvalue weighted by Gasteiger charge is 2.20. The molecule has 0 aliphatic rings. The molecule has 0 amide bonds. The number of hydrogen-bond donors (Lipinski definition) is 1. The van der Waals surface area contributed by atoms with Crippen LogP contribution in [0.5, 0.6) is 0 Å². The van der Waals surface area contributed by atoms with E-state index in [1.807, 2.05) is 30.3 Å². The maximum absolute atomic E-state index is 11.6. The second-order valence-corrected chi connectivity index (χ2v) is 4.94. The number of aromatic nitrogens is 1. The van der Waals surface area contributed by atoms with Gasteiger partial charge in [-0.25, -0.2) is 9.78 Å². The minimum Gasteiger partial charge on any atom is -0.463 e. The van der Waals surface area contributed by atoms with Gasteiger partial charge in [0.1, 0.15) is 0 Å². The number of carbonyl (C=O) groups excluding carboxylic acids is 1. The van der Waals surface area contributed by atoms with Gasteiger partial charge in [0.15, 0.2) is 5.13 Å². The Morgan fingerprint density at radius 3 is 2.80 bits per heavy atom. The van der Waals surface area contributed by atoms with Crippen molar-refractivity contribution in [2.45, 2.75) is 13.2 Å². The van der Waals surface area contributed by atoms with E-state index in [4.69, 9.17) is 9.47 Å². The first kappa shape index (κ1) is 14.5. The Kier molecular flexibility index (Phi) is 5.09. The molecule has 1 aromatic heterocycles. The first-order valence-electron chi connectivity index (χ1n) is 6.21. The number of methoxy groups -OCH3 is 1. The van der Waals surface area contributed by atoms with Crippen molar-refractivity contribution in [2.24, 2.45) is 0 Å². The fraction of sp³-hybridized carbons (Fsp3) is 0.286. The van der Waals surface area contributed by atoms with Crippen LogP contribution in [0.4, 0.5) is 5.13 Å². The smallest absolute Gasteiger partial charge is 0.356 e. The highest BCUT2D eigenvalue weighted by molar-refractivity contribution is 7.18. The third-order valence-corrected chi connectivity index (χ3v) is 3.53. The summed E-state index contributed by atoms with van der Waals surface area (Å²) in [4.78, 5) is 16.9. The quantitative estimate of drug-likeness (QED) is 0.655. The van der Waals surface area contributed by atoms with Gasteiger partial charge in [-0.2, -0.15) is 0 Å². The third-order valence-electron chi connectivity index (χ3n) is 2.55. The van der Waals surface area contributed by atoms with Gasteiger partial charge in [0, 0.05) is 13.3 Å². The molecule has 1 heterocycles. The van der Waals surface area contributed by atoms with Gasteiger partial charge in [-0.1, -0.05) is 41.7 Å². The molecule has 1 N–H and O–H groups in total. The van der Waals surface area contributed by atoms with Crippen LogP contribution in [0.3, 0.4) is 0 Å². The second kappa shape index (κ2) is 7.02. The van der Waals surface area contributed by atoms with Crippen molar-refractivity contribution in [1.82, 2.24) is 4.98 Å². The van der Waals surface area contributed by atoms with Crippen LogP contribution in [0, 0.1) is 0 Å². The van der Waals surface area contributed by atoms with E-state index < -0.39 is 12.2 Å². The fourth-order valence-corrected chi connectivity index (χ4v) is 2.46. The Balaban J connectivity index is 2.07. The number of nitrogens with one attached hydrogen (secondary N) is 1. The number of nitrogens with zero attached hydrogens (tertiary/aromatic N) is 1. The van der Waals surface area contributed by atoms with Crippen LogP contribution in [-0.2, 0) is 14.3 Å². The van der Waals surface area contributed by atoms with Crippen LogP contribution >= 0.6 is 11.3 Å². The molecule has 106 valence electrons. The van der Waals surface area contributed by atoms with Crippen LogP contribution in [0.2, 0.25) is 0 Å². The molecular weight excluding hydrogens is 276 g/mol. The Morgan fingerprint density at radius 2 is 2.15 bits per heavy atom. The van der Waals surface area contributed by atoms with Crippen molar-refractivity contribution in [3.63, 3.8) is 0 Å². The summed E-state index contributed by atoms with van der Waals surface area (Å²) in [5, 5.41) is 3.53. The van der Waals surface area contributed by atoms with Gasteiger partial charge < -0.3 is 14.8 Å². The summed E-state index contributed by atoms with van der Waals surface area (Å²) in [6.07, 6.45) is 0.921. The summed E-state index contributed by atoms with van der Waals surface area (Å²) >= 11 is 1.46. The molecule has 0 spiro atoms. The molecule has 0 aliphatic heterocycles. The van der Waals surface area contributed by atoms with Gasteiger partial charge in [0.25, 0.3) is 0 Å². The number of esters is 1. The standard InChI is InChI=1S/C14H16N2O3S/c1-3-19-13(17)12(18-2)16-14-15-9-11(20-14)10-7-5-4-6-8-10/h4-9,12H,3H2,1-2H3,(H,15,16). The summed E-state index contributed by atoms with van der Waals surface area (Å²) in [6, 6.07) is 9.93. The minimum absolute atomic E-state index is 0.313. The Labute approximate surface area is 121 Å². The number of thiazole rings is 1. The molecule has 0 saturated heterocycles. The fourth-order valence-electron chi connectivity index (χ4n) is 1.62. The van der Waals surface area contributed by atoms with Crippen molar-refractivity contribution >= 4 is 22.4 Å². The molecule has 1 aromatic carbocycles. The van der Waals surface area contributed by atoms with E-state index in [0.717, 1.165) is 10.4 Å². The number of rotatable bonds is 6. The maximum atomic E-state index is 11.6. The van der Waals surface area contributed by atoms with E-state index in [1.54, 1.807) is 13.1 Å². The van der Waals surface area contributed by atoms with Crippen molar-refractivity contribution in [3.8, 4) is 10.4 Å². The average Bonchev–Trinajstić information content (AvgIpc) is 2.94. The summed E-state index contributed by atoms with van der Waals surface area (Å²) < 4.78 is 9.97. The van der Waals surface area contributed by atoms with Crippen LogP contribution in [-0.4, -0.2) is 30.9 Å². The van der Waals surface area contributed by atoms with Crippen LogP contribution in [0.25, 0.3) is 10.4 Å². The van der Waals surface area contributed by atoms with E-state index in [-0.39, 0.29) is 0 Å². The van der Waals surface area contributed by atoms with Gasteiger partial charge in [-0.05, 0) is 12.5 Å². The molecule has 0 saturated carbocycles. The molecule has 0 radical (unpaired) electrons. The van der Waals surface area contributed by atoms with Gasteiger partial charge in [0.2, 0.25) is 6.23 Å². The van der Waals surface area contributed by atoms with Gasteiger partial charge in [0.05, 0.1) is 11.5 Å². The Morgan fingerprint density at radius 1 is 1.40 bits per heavy atom. The number of carbonyl (C=O) groups is 1. The number of anilines is 1. The lowest BCUT2D eigenvalue weighted by molar-refractivity contribution is -0.153. The molecule has 1 atom stereocenters. The Hall–Kier alpha value is -1.92. The predicted octanol–water partition coefficient (Wildman–Crippen LogP) is 2.76. The first-order chi connectivity index (χ1) is 9.74. The molecule has 20 heavy (non-hydrogen) atoms. The molecular formula is C14H16N2O3S. The van der Waals surface area contributed by atoms with E-state index in [1.165, 1.54) is 18.4 Å². The largest absolute Gasteiger partial charge is 0.463 e. The summed E-state index contributed by atoms with van der Waals surface area (Å²) in [7, 11) is 1.44. The molecule has 2 rings (SSSR count). The zero-order chi connectivity index (χ0) is 14.4. The lowest BCUT2D eigenvalue weighted by Crippen LogP contribution is -2.33. The first-order valence-corrected chi connectivity index (χ1v) is 7.03. The number of hydrogen-bond acceptors (Lipinski definition) is 6. The lowest BCUT2D eigenvalue weighted by atomic mass is 10.2. The van der Waals surface area contributed by atoms with E-state index in [0.29, 0.717) is 11.7 Å². The molecule has 1 unspecified atom stereocenters. The third kappa shape index (κ3) is 3.55. The highest BCUT2D eigenvalue weighted by Crippen LogP contribution is 2.28. The highest BCUT2D eigenvalue weighted by atomic mass is 32.1. The topological polar surface area (TPSA) is 60.5 Å². The summed E-state index contributed by atoms with van der Waals surface area (Å²) in [5.74, 6) is -0.452. The number of benzene rings is 1. The van der Waals surface area contributed by atoms with Gasteiger partial charge >= 0.3 is 5.97 Å². The minimum atomic E-state index is -0.843. The van der Waals surface area contributed by atoms with Gasteiger partial charge in [-0.15, -0.1) is 0 Å². The predicted molar refractivity (Wildman–Crippen MR) is 78.6 cm³/mol. The van der Waals surface area contributed by atoms with Gasteiger partial charge in [-0.3, -0.25) is 0 Å². The van der Waals surface area contributed by atoms with E-state index in [2.05, 4.69) is 10.3 Å². The van der Waals surface area contributed by atoms with Crippen LogP contribution in [0.15, 0.2) is 36.5 Å².